The number of rotatable bonds is 4. The van der Waals surface area contributed by atoms with E-state index in [1.54, 1.807) is 6.92 Å². The van der Waals surface area contributed by atoms with Crippen molar-refractivity contribution in [2.24, 2.45) is 40.4 Å². The van der Waals surface area contributed by atoms with E-state index in [4.69, 9.17) is 4.74 Å². The monoisotopic (exact) mass is 490 g/mol. The highest BCUT2D eigenvalue weighted by molar-refractivity contribution is 5.85. The zero-order valence-corrected chi connectivity index (χ0v) is 23.2. The largest absolute Gasteiger partial charge is 0.444 e. The van der Waals surface area contributed by atoms with Crippen molar-refractivity contribution in [2.75, 3.05) is 0 Å². The van der Waals surface area contributed by atoms with Crippen LogP contribution < -0.4 is 10.6 Å². The summed E-state index contributed by atoms with van der Waals surface area (Å²) in [4.78, 5) is 24.9. The summed E-state index contributed by atoms with van der Waals surface area (Å²) < 4.78 is 5.30. The smallest absolute Gasteiger partial charge is 0.408 e. The molecular formula is C29H50N2O4. The van der Waals surface area contributed by atoms with Gasteiger partial charge < -0.3 is 20.5 Å². The van der Waals surface area contributed by atoms with Crippen LogP contribution in [0.15, 0.2) is 0 Å². The first-order valence-corrected chi connectivity index (χ1v) is 14.2. The maximum atomic E-state index is 12.8. The van der Waals surface area contributed by atoms with E-state index < -0.39 is 17.7 Å². The van der Waals surface area contributed by atoms with Crippen LogP contribution in [-0.2, 0) is 9.53 Å². The van der Waals surface area contributed by atoms with Gasteiger partial charge in [-0.25, -0.2) is 4.79 Å². The first kappa shape index (κ1) is 26.8. The molecule has 0 spiro atoms. The number of amides is 2. The molecule has 3 N–H and O–H groups in total. The number of aliphatic hydroxyl groups is 1. The van der Waals surface area contributed by atoms with E-state index >= 15 is 0 Å². The minimum absolute atomic E-state index is 0.123. The normalized spacial score (nSPS) is 42.6. The quantitative estimate of drug-likeness (QED) is 0.491. The molecule has 6 heteroatoms. The third-order valence-corrected chi connectivity index (χ3v) is 10.8. The Morgan fingerprint density at radius 2 is 1.60 bits per heavy atom. The predicted molar refractivity (Wildman–Crippen MR) is 138 cm³/mol. The lowest BCUT2D eigenvalue weighted by molar-refractivity contribution is -0.130. The third kappa shape index (κ3) is 5.10. The van der Waals surface area contributed by atoms with E-state index in [0.717, 1.165) is 30.6 Å². The molecule has 4 rings (SSSR count). The molecule has 4 fully saturated rings. The Morgan fingerprint density at radius 3 is 2.26 bits per heavy atom. The number of hydrogen-bond acceptors (Lipinski definition) is 4. The SMILES string of the molecule is CC(NC(=O)OC(C)(C)C)C(=O)N[C@@H]1CC[C@@]2(C)[C@@H](CC[C@@H]3[C@@H]2CC[C@]2(C)[C@@H]([C@H](C)O)CC[C@@H]32)C1. The molecule has 0 aliphatic heterocycles. The van der Waals surface area contributed by atoms with E-state index in [-0.39, 0.29) is 18.1 Å². The van der Waals surface area contributed by atoms with Crippen molar-refractivity contribution in [1.29, 1.82) is 0 Å². The fraction of sp³-hybridized carbons (Fsp3) is 0.931. The molecule has 1 unspecified atom stereocenters. The highest BCUT2D eigenvalue weighted by Gasteiger charge is 2.60. The van der Waals surface area contributed by atoms with Crippen molar-refractivity contribution in [1.82, 2.24) is 10.6 Å². The molecule has 10 atom stereocenters. The Labute approximate surface area is 212 Å². The number of ether oxygens (including phenoxy) is 1. The summed E-state index contributed by atoms with van der Waals surface area (Å²) in [5, 5.41) is 16.4. The number of aliphatic hydroxyl groups excluding tert-OH is 1. The molecule has 4 aliphatic rings. The first-order valence-electron chi connectivity index (χ1n) is 14.2. The summed E-state index contributed by atoms with van der Waals surface area (Å²) in [6, 6.07) is -0.436. The summed E-state index contributed by atoms with van der Waals surface area (Å²) >= 11 is 0. The number of nitrogens with one attached hydrogen (secondary N) is 2. The molecule has 35 heavy (non-hydrogen) atoms. The fourth-order valence-electron chi connectivity index (χ4n) is 9.10. The maximum Gasteiger partial charge on any atom is 0.408 e. The maximum absolute atomic E-state index is 12.8. The molecule has 4 saturated carbocycles. The van der Waals surface area contributed by atoms with Crippen molar-refractivity contribution in [3.05, 3.63) is 0 Å². The first-order chi connectivity index (χ1) is 16.2. The van der Waals surface area contributed by atoms with Crippen molar-refractivity contribution in [3.8, 4) is 0 Å². The predicted octanol–water partition coefficient (Wildman–Crippen LogP) is 5.42. The average molecular weight is 491 g/mol. The lowest BCUT2D eigenvalue weighted by Gasteiger charge is -2.61. The van der Waals surface area contributed by atoms with Gasteiger partial charge in [-0.05, 0) is 133 Å². The molecule has 200 valence electrons. The zero-order valence-electron chi connectivity index (χ0n) is 23.2. The molecule has 0 aromatic carbocycles. The van der Waals surface area contributed by atoms with Crippen molar-refractivity contribution >= 4 is 12.0 Å². The fourth-order valence-corrected chi connectivity index (χ4v) is 9.10. The molecule has 4 aliphatic carbocycles. The van der Waals surface area contributed by atoms with Gasteiger partial charge in [-0.3, -0.25) is 4.79 Å². The van der Waals surface area contributed by atoms with Crippen LogP contribution in [0.3, 0.4) is 0 Å². The number of hydrogen-bond donors (Lipinski definition) is 3. The van der Waals surface area contributed by atoms with Gasteiger partial charge in [0.05, 0.1) is 6.10 Å². The molecule has 0 aromatic rings. The van der Waals surface area contributed by atoms with Gasteiger partial charge in [0.2, 0.25) is 5.91 Å². The minimum atomic E-state index is -0.617. The van der Waals surface area contributed by atoms with E-state index in [0.29, 0.717) is 22.7 Å². The van der Waals surface area contributed by atoms with E-state index in [9.17, 15) is 14.7 Å². The molecule has 0 heterocycles. The van der Waals surface area contributed by atoms with Gasteiger partial charge in [-0.2, -0.15) is 0 Å². The van der Waals surface area contributed by atoms with Crippen molar-refractivity contribution < 1.29 is 19.4 Å². The second-order valence-electron chi connectivity index (χ2n) is 14.0. The van der Waals surface area contributed by atoms with Gasteiger partial charge >= 0.3 is 6.09 Å². The van der Waals surface area contributed by atoms with Gasteiger partial charge in [-0.15, -0.1) is 0 Å². The highest BCUT2D eigenvalue weighted by Crippen LogP contribution is 2.67. The van der Waals surface area contributed by atoms with Crippen LogP contribution in [0.25, 0.3) is 0 Å². The molecule has 6 nitrogen and oxygen atoms in total. The van der Waals surface area contributed by atoms with Crippen LogP contribution in [0.5, 0.6) is 0 Å². The van der Waals surface area contributed by atoms with Gasteiger partial charge in [0.1, 0.15) is 11.6 Å². The van der Waals surface area contributed by atoms with Crippen molar-refractivity contribution in [3.63, 3.8) is 0 Å². The Hall–Kier alpha value is -1.30. The van der Waals surface area contributed by atoms with Crippen molar-refractivity contribution in [2.45, 2.75) is 130 Å². The number of carbonyl (C=O) groups is 2. The summed E-state index contributed by atoms with van der Waals surface area (Å²) in [5.74, 6) is 3.31. The number of fused-ring (bicyclic) bond motifs is 5. The van der Waals surface area contributed by atoms with Gasteiger partial charge in [-0.1, -0.05) is 13.8 Å². The molecular weight excluding hydrogens is 440 g/mol. The van der Waals surface area contributed by atoms with Gasteiger partial charge in [0.15, 0.2) is 0 Å². The summed E-state index contributed by atoms with van der Waals surface area (Å²) in [7, 11) is 0. The van der Waals surface area contributed by atoms with Gasteiger partial charge in [0, 0.05) is 6.04 Å². The lowest BCUT2D eigenvalue weighted by Crippen LogP contribution is -2.56. The van der Waals surface area contributed by atoms with Gasteiger partial charge in [0.25, 0.3) is 0 Å². The van der Waals surface area contributed by atoms with Crippen LogP contribution in [0.4, 0.5) is 4.79 Å². The third-order valence-electron chi connectivity index (χ3n) is 10.8. The van der Waals surface area contributed by atoms with Crippen LogP contribution in [0.1, 0.15) is 106 Å². The number of alkyl carbamates (subject to hydrolysis) is 1. The summed E-state index contributed by atoms with van der Waals surface area (Å²) in [5.41, 5.74) is 0.0784. The Kier molecular flexibility index (Phi) is 7.29. The molecule has 0 radical (unpaired) electrons. The Morgan fingerprint density at radius 1 is 0.943 bits per heavy atom. The van der Waals surface area contributed by atoms with E-state index in [1.165, 1.54) is 44.9 Å². The standard InChI is InChI=1S/C29H50N2O4/c1-17(30-26(34)35-27(3,4)5)25(33)31-20-12-14-28(6)19(16-20)8-9-21-23-11-10-22(18(2)32)29(23,7)15-13-24(21)28/h17-24,32H,8-16H2,1-7H3,(H,30,34)(H,31,33)/t17?,18-,19-,20+,21-,22+,23-,24-,28-,29+/m0/s1. The highest BCUT2D eigenvalue weighted by atomic mass is 16.6. The van der Waals surface area contributed by atoms with Crippen LogP contribution >= 0.6 is 0 Å². The summed E-state index contributed by atoms with van der Waals surface area (Å²) in [6.45, 7) is 14.2. The zero-order chi connectivity index (χ0) is 25.8. The molecule has 0 aromatic heterocycles. The van der Waals surface area contributed by atoms with E-state index in [1.807, 2.05) is 27.7 Å². The Balaban J connectivity index is 1.35. The lowest BCUT2D eigenvalue weighted by atomic mass is 9.44. The average Bonchev–Trinajstić information content (AvgIpc) is 3.10. The van der Waals surface area contributed by atoms with Crippen LogP contribution in [0.2, 0.25) is 0 Å². The minimum Gasteiger partial charge on any atom is -0.444 e. The second-order valence-corrected chi connectivity index (χ2v) is 14.0. The molecule has 0 bridgehead atoms. The van der Waals surface area contributed by atoms with E-state index in [2.05, 4.69) is 24.5 Å². The molecule has 0 saturated heterocycles. The summed E-state index contributed by atoms with van der Waals surface area (Å²) in [6.07, 6.45) is 10.1. The van der Waals surface area contributed by atoms with Crippen LogP contribution in [0, 0.1) is 40.4 Å². The second kappa shape index (κ2) is 9.54. The topological polar surface area (TPSA) is 87.7 Å². The number of carbonyl (C=O) groups excluding carboxylic acids is 2. The Bertz CT molecular complexity index is 807. The van der Waals surface area contributed by atoms with Crippen LogP contribution in [-0.4, -0.2) is 40.9 Å². The molecule has 2 amide bonds.